The smallest absolute Gasteiger partial charge is 0.416 e. The van der Waals surface area contributed by atoms with Crippen LogP contribution >= 0.6 is 0 Å². The highest BCUT2D eigenvalue weighted by Gasteiger charge is 2.32. The SMILES string of the molecule is Cc1ccccc1C1CC(c2ccc(NC(=O)c3ccccc3-c3ccc(C(F)(F)F)cc3)cc2)CCN1CC(=O)[O-]. The Morgan fingerprint density at radius 1 is 0.905 bits per heavy atom. The number of rotatable bonds is 7. The van der Waals surface area contributed by atoms with E-state index in [4.69, 9.17) is 0 Å². The van der Waals surface area contributed by atoms with Crippen LogP contribution in [0.2, 0.25) is 0 Å². The van der Waals surface area contributed by atoms with Crippen LogP contribution < -0.4 is 10.4 Å². The second kappa shape index (κ2) is 12.2. The lowest BCUT2D eigenvalue weighted by Crippen LogP contribution is -2.43. The van der Waals surface area contributed by atoms with Crippen molar-refractivity contribution >= 4 is 17.6 Å². The van der Waals surface area contributed by atoms with E-state index >= 15 is 0 Å². The third-order valence-corrected chi connectivity index (χ3v) is 7.93. The Morgan fingerprint density at radius 2 is 1.57 bits per heavy atom. The van der Waals surface area contributed by atoms with E-state index in [0.29, 0.717) is 28.9 Å². The highest BCUT2D eigenvalue weighted by atomic mass is 19.4. The fourth-order valence-corrected chi connectivity index (χ4v) is 5.76. The number of aliphatic carboxylic acids is 1. The molecule has 1 aliphatic heterocycles. The van der Waals surface area contributed by atoms with E-state index in [-0.39, 0.29) is 24.4 Å². The first-order valence-corrected chi connectivity index (χ1v) is 13.8. The molecule has 8 heteroatoms. The summed E-state index contributed by atoms with van der Waals surface area (Å²) < 4.78 is 39.0. The zero-order chi connectivity index (χ0) is 29.9. The average Bonchev–Trinajstić information content (AvgIpc) is 2.97. The van der Waals surface area contributed by atoms with Gasteiger partial charge in [0.25, 0.3) is 5.91 Å². The average molecular weight is 572 g/mol. The summed E-state index contributed by atoms with van der Waals surface area (Å²) in [6.07, 6.45) is -2.89. The Balaban J connectivity index is 1.31. The van der Waals surface area contributed by atoms with E-state index in [1.807, 2.05) is 60.4 Å². The Morgan fingerprint density at radius 3 is 2.24 bits per heavy atom. The molecule has 1 N–H and O–H groups in total. The first-order chi connectivity index (χ1) is 20.1. The van der Waals surface area contributed by atoms with E-state index in [1.165, 1.54) is 12.1 Å². The molecule has 5 nitrogen and oxygen atoms in total. The summed E-state index contributed by atoms with van der Waals surface area (Å²) in [5, 5.41) is 14.3. The Kier molecular flexibility index (Phi) is 8.45. The summed E-state index contributed by atoms with van der Waals surface area (Å²) in [7, 11) is 0. The molecule has 42 heavy (non-hydrogen) atoms. The van der Waals surface area contributed by atoms with Crippen molar-refractivity contribution in [1.82, 2.24) is 4.90 Å². The minimum atomic E-state index is -4.43. The Labute approximate surface area is 242 Å². The number of carbonyl (C=O) groups is 2. The number of likely N-dealkylation sites (tertiary alicyclic amines) is 1. The van der Waals surface area contributed by atoms with Gasteiger partial charge in [0.15, 0.2) is 0 Å². The summed E-state index contributed by atoms with van der Waals surface area (Å²) in [6.45, 7) is 2.53. The van der Waals surface area contributed by atoms with E-state index in [2.05, 4.69) is 5.32 Å². The molecular formula is C34H30F3N2O3-. The number of carboxylic acids is 1. The standard InChI is InChI=1S/C34H31F3N2O3/c1-22-6-2-3-7-28(22)31-20-25(18-19-39(31)21-32(40)41)23-12-16-27(17-13-23)38-33(42)30-9-5-4-8-29(30)24-10-14-26(15-11-24)34(35,36)37/h2-17,25,31H,18-21H2,1H3,(H,38,42)(H,40,41)/p-1. The molecule has 0 bridgehead atoms. The van der Waals surface area contributed by atoms with Crippen molar-refractivity contribution in [1.29, 1.82) is 0 Å². The normalized spacial score (nSPS) is 17.5. The highest BCUT2D eigenvalue weighted by molar-refractivity contribution is 6.08. The molecule has 1 fully saturated rings. The van der Waals surface area contributed by atoms with Crippen LogP contribution in [0, 0.1) is 6.92 Å². The minimum absolute atomic E-state index is 0.0519. The van der Waals surface area contributed by atoms with Gasteiger partial charge in [0.05, 0.1) is 11.5 Å². The predicted octanol–water partition coefficient (Wildman–Crippen LogP) is 6.60. The van der Waals surface area contributed by atoms with E-state index < -0.39 is 17.7 Å². The van der Waals surface area contributed by atoms with Gasteiger partial charge in [-0.05, 0) is 90.4 Å². The number of hydrogen-bond acceptors (Lipinski definition) is 4. The Bertz CT molecular complexity index is 1570. The molecule has 0 spiro atoms. The molecule has 5 rings (SSSR count). The van der Waals surface area contributed by atoms with Crippen LogP contribution in [0.25, 0.3) is 11.1 Å². The van der Waals surface area contributed by atoms with Crippen molar-refractivity contribution in [3.63, 3.8) is 0 Å². The van der Waals surface area contributed by atoms with Gasteiger partial charge >= 0.3 is 6.18 Å². The first kappa shape index (κ1) is 29.1. The van der Waals surface area contributed by atoms with Crippen molar-refractivity contribution in [2.75, 3.05) is 18.4 Å². The molecule has 0 saturated carbocycles. The molecule has 216 valence electrons. The van der Waals surface area contributed by atoms with Crippen LogP contribution in [0.15, 0.2) is 97.1 Å². The summed E-state index contributed by atoms with van der Waals surface area (Å²) in [5.41, 5.74) is 4.56. The number of alkyl halides is 3. The van der Waals surface area contributed by atoms with Gasteiger partial charge in [-0.15, -0.1) is 0 Å². The number of hydrogen-bond donors (Lipinski definition) is 1. The van der Waals surface area contributed by atoms with Crippen molar-refractivity contribution in [2.24, 2.45) is 0 Å². The van der Waals surface area contributed by atoms with Crippen LogP contribution in [0.4, 0.5) is 18.9 Å². The molecule has 1 aliphatic rings. The lowest BCUT2D eigenvalue weighted by atomic mass is 9.82. The molecule has 4 aromatic rings. The molecule has 2 atom stereocenters. The van der Waals surface area contributed by atoms with Crippen LogP contribution in [0.3, 0.4) is 0 Å². The number of anilines is 1. The minimum Gasteiger partial charge on any atom is -0.549 e. The maximum absolute atomic E-state index is 13.2. The van der Waals surface area contributed by atoms with Crippen LogP contribution in [-0.2, 0) is 11.0 Å². The van der Waals surface area contributed by atoms with Gasteiger partial charge in [0.2, 0.25) is 0 Å². The number of aryl methyl sites for hydroxylation is 1. The number of carbonyl (C=O) groups excluding carboxylic acids is 2. The first-order valence-electron chi connectivity index (χ1n) is 13.8. The molecule has 1 heterocycles. The largest absolute Gasteiger partial charge is 0.549 e. The maximum Gasteiger partial charge on any atom is 0.416 e. The monoisotopic (exact) mass is 571 g/mol. The second-order valence-corrected chi connectivity index (χ2v) is 10.6. The van der Waals surface area contributed by atoms with Crippen LogP contribution in [0.5, 0.6) is 0 Å². The lowest BCUT2D eigenvalue weighted by Gasteiger charge is -2.40. The fourth-order valence-electron chi connectivity index (χ4n) is 5.76. The molecule has 0 radical (unpaired) electrons. The molecular weight excluding hydrogens is 541 g/mol. The number of carboxylic acid groups (broad SMARTS) is 1. The van der Waals surface area contributed by atoms with Crippen LogP contribution in [0.1, 0.15) is 57.4 Å². The maximum atomic E-state index is 13.2. The highest BCUT2D eigenvalue weighted by Crippen LogP contribution is 2.40. The van der Waals surface area contributed by atoms with Crippen molar-refractivity contribution in [3.05, 3.63) is 125 Å². The molecule has 1 saturated heterocycles. The number of halogens is 3. The van der Waals surface area contributed by atoms with Crippen molar-refractivity contribution in [2.45, 2.75) is 37.9 Å². The third kappa shape index (κ3) is 6.55. The predicted molar refractivity (Wildman–Crippen MR) is 154 cm³/mol. The van der Waals surface area contributed by atoms with Gasteiger partial charge in [-0.1, -0.05) is 66.7 Å². The van der Waals surface area contributed by atoms with E-state index in [0.717, 1.165) is 41.7 Å². The summed E-state index contributed by atoms with van der Waals surface area (Å²) >= 11 is 0. The summed E-state index contributed by atoms with van der Waals surface area (Å²) in [5.74, 6) is -1.25. The summed E-state index contributed by atoms with van der Waals surface area (Å²) in [4.78, 5) is 26.6. The number of benzene rings is 4. The van der Waals surface area contributed by atoms with Crippen LogP contribution in [-0.4, -0.2) is 29.9 Å². The fraction of sp³-hybridized carbons (Fsp3) is 0.235. The quantitative estimate of drug-likeness (QED) is 0.271. The van der Waals surface area contributed by atoms with Crippen molar-refractivity contribution < 1.29 is 27.9 Å². The van der Waals surface area contributed by atoms with Gasteiger partial charge in [0.1, 0.15) is 0 Å². The molecule has 4 aromatic carbocycles. The molecule has 0 aromatic heterocycles. The lowest BCUT2D eigenvalue weighted by molar-refractivity contribution is -0.307. The van der Waals surface area contributed by atoms with Crippen molar-refractivity contribution in [3.8, 4) is 11.1 Å². The van der Waals surface area contributed by atoms with E-state index in [1.54, 1.807) is 24.3 Å². The summed E-state index contributed by atoms with van der Waals surface area (Å²) in [6, 6.07) is 27.1. The molecule has 2 unspecified atom stereocenters. The van der Waals surface area contributed by atoms with Gasteiger partial charge in [-0.25, -0.2) is 0 Å². The third-order valence-electron chi connectivity index (χ3n) is 7.93. The topological polar surface area (TPSA) is 72.5 Å². The molecule has 1 amide bonds. The van der Waals surface area contributed by atoms with Gasteiger partial charge in [-0.3, -0.25) is 9.69 Å². The van der Waals surface area contributed by atoms with E-state index in [9.17, 15) is 27.9 Å². The van der Waals surface area contributed by atoms with Gasteiger partial charge < -0.3 is 15.2 Å². The zero-order valence-corrected chi connectivity index (χ0v) is 23.0. The zero-order valence-electron chi connectivity index (χ0n) is 23.0. The Hall–Kier alpha value is -4.43. The molecule has 0 aliphatic carbocycles. The number of piperidine rings is 1. The van der Waals surface area contributed by atoms with Gasteiger partial charge in [-0.2, -0.15) is 13.2 Å². The van der Waals surface area contributed by atoms with Gasteiger partial charge in [0, 0.05) is 23.8 Å². The number of amides is 1. The number of nitrogens with zero attached hydrogens (tertiary/aromatic N) is 1. The second-order valence-electron chi connectivity index (χ2n) is 10.6. The number of nitrogens with one attached hydrogen (secondary N) is 1.